The van der Waals surface area contributed by atoms with Crippen molar-refractivity contribution >= 4 is 50.1 Å². The smallest absolute Gasteiger partial charge is 0.307 e. The molecule has 0 amide bonds. The Morgan fingerprint density at radius 1 is 1.15 bits per heavy atom. The van der Waals surface area contributed by atoms with Crippen LogP contribution in [0.25, 0.3) is 10.9 Å². The minimum atomic E-state index is -4.34. The number of benzene rings is 2. The van der Waals surface area contributed by atoms with Gasteiger partial charge in [0.1, 0.15) is 17.1 Å². The molecule has 1 aliphatic rings. The molecule has 1 unspecified atom stereocenters. The van der Waals surface area contributed by atoms with Gasteiger partial charge < -0.3 is 10.2 Å². The molecule has 40 heavy (non-hydrogen) atoms. The molecule has 7 nitrogen and oxygen atoms in total. The second-order valence-corrected chi connectivity index (χ2v) is 13.6. The molecular formula is C29H27Cl2FN2O5S. The maximum absolute atomic E-state index is 15.4. The summed E-state index contributed by atoms with van der Waals surface area (Å²) in [4.78, 5) is 16.0. The lowest BCUT2D eigenvalue weighted by Crippen LogP contribution is -2.22. The molecule has 1 aliphatic carbocycles. The van der Waals surface area contributed by atoms with E-state index in [0.29, 0.717) is 11.3 Å². The predicted molar refractivity (Wildman–Crippen MR) is 151 cm³/mol. The standard InChI is InChI=1S/C29H27Cl2FN2O5S/c1-29(2,3)27-19(14-23(35)36)25(30)24(28(31)33-27)26(37)22-13-18-20(32)11-16(15-9-10-15)12-21(18)34(22)40(38,39)17-7-5-4-6-8-17/h4-8,11-13,15,26,37H,9-10,14H2,1-3H3,(H,35,36). The second kappa shape index (κ2) is 10.1. The number of carboxylic acids is 1. The number of aliphatic hydroxyl groups excluding tert-OH is 1. The molecule has 0 radical (unpaired) electrons. The number of hydrogen-bond donors (Lipinski definition) is 2. The van der Waals surface area contributed by atoms with E-state index in [1.807, 2.05) is 20.8 Å². The minimum absolute atomic E-state index is 0.00442. The molecule has 1 saturated carbocycles. The maximum Gasteiger partial charge on any atom is 0.307 e. The number of halogens is 3. The van der Waals surface area contributed by atoms with E-state index in [1.165, 1.54) is 24.3 Å². The topological polar surface area (TPSA) is 109 Å². The summed E-state index contributed by atoms with van der Waals surface area (Å²) >= 11 is 13.3. The van der Waals surface area contributed by atoms with Crippen LogP contribution in [-0.2, 0) is 26.7 Å². The molecule has 0 bridgehead atoms. The van der Waals surface area contributed by atoms with Crippen LogP contribution in [0.1, 0.15) is 73.7 Å². The van der Waals surface area contributed by atoms with Gasteiger partial charge in [-0.1, -0.05) is 62.2 Å². The largest absolute Gasteiger partial charge is 0.481 e. The highest BCUT2D eigenvalue weighted by molar-refractivity contribution is 7.90. The summed E-state index contributed by atoms with van der Waals surface area (Å²) in [6, 6.07) is 11.9. The van der Waals surface area contributed by atoms with E-state index in [2.05, 4.69) is 4.98 Å². The Labute approximate surface area is 241 Å². The van der Waals surface area contributed by atoms with Crippen molar-refractivity contribution in [1.29, 1.82) is 0 Å². The third kappa shape index (κ3) is 5.00. The molecular weight excluding hydrogens is 578 g/mol. The zero-order valence-electron chi connectivity index (χ0n) is 22.0. The normalized spacial score (nSPS) is 15.0. The van der Waals surface area contributed by atoms with E-state index >= 15 is 4.39 Å². The SMILES string of the molecule is CC(C)(C)c1nc(Cl)c(C(O)c2cc3c(F)cc(C4CC4)cc3n2S(=O)(=O)c2ccccc2)c(Cl)c1CC(=O)O. The Morgan fingerprint density at radius 2 is 1.80 bits per heavy atom. The number of aliphatic hydroxyl groups is 1. The number of carboxylic acid groups (broad SMARTS) is 1. The summed E-state index contributed by atoms with van der Waals surface area (Å²) in [6.45, 7) is 5.44. The fourth-order valence-electron chi connectivity index (χ4n) is 4.99. The van der Waals surface area contributed by atoms with Crippen molar-refractivity contribution in [2.75, 3.05) is 0 Å². The number of aliphatic carboxylic acids is 1. The van der Waals surface area contributed by atoms with Crippen molar-refractivity contribution in [3.8, 4) is 0 Å². The zero-order chi connectivity index (χ0) is 29.1. The van der Waals surface area contributed by atoms with Crippen molar-refractivity contribution in [2.24, 2.45) is 0 Å². The molecule has 0 spiro atoms. The average Bonchev–Trinajstić information content (AvgIpc) is 3.64. The first-order valence-electron chi connectivity index (χ1n) is 12.6. The van der Waals surface area contributed by atoms with Crippen LogP contribution in [0.4, 0.5) is 4.39 Å². The van der Waals surface area contributed by atoms with Crippen LogP contribution in [-0.4, -0.2) is 33.6 Å². The third-order valence-electron chi connectivity index (χ3n) is 7.02. The second-order valence-electron chi connectivity index (χ2n) is 11.0. The van der Waals surface area contributed by atoms with Crippen molar-refractivity contribution in [3.63, 3.8) is 0 Å². The van der Waals surface area contributed by atoms with Gasteiger partial charge in [-0.25, -0.2) is 21.8 Å². The molecule has 1 atom stereocenters. The first kappa shape index (κ1) is 28.5. The molecule has 0 saturated heterocycles. The van der Waals surface area contributed by atoms with Crippen LogP contribution >= 0.6 is 23.2 Å². The first-order valence-corrected chi connectivity index (χ1v) is 14.8. The zero-order valence-corrected chi connectivity index (χ0v) is 24.3. The van der Waals surface area contributed by atoms with Crippen LogP contribution in [0.5, 0.6) is 0 Å². The Hall–Kier alpha value is -2.98. The summed E-state index contributed by atoms with van der Waals surface area (Å²) < 4.78 is 44.4. The van der Waals surface area contributed by atoms with Crippen molar-refractivity contribution < 1.29 is 27.8 Å². The highest BCUT2D eigenvalue weighted by Gasteiger charge is 2.35. The van der Waals surface area contributed by atoms with E-state index in [9.17, 15) is 23.4 Å². The number of hydrogen-bond acceptors (Lipinski definition) is 5. The van der Waals surface area contributed by atoms with Gasteiger partial charge in [0, 0.05) is 21.9 Å². The quantitative estimate of drug-likeness (QED) is 0.230. The maximum atomic E-state index is 15.4. The molecule has 4 aromatic rings. The molecule has 5 rings (SSSR count). The molecule has 0 aliphatic heterocycles. The number of carbonyl (C=O) groups is 1. The van der Waals surface area contributed by atoms with Crippen molar-refractivity contribution in [1.82, 2.24) is 8.96 Å². The molecule has 2 aromatic carbocycles. The van der Waals surface area contributed by atoms with Crippen molar-refractivity contribution in [3.05, 3.63) is 92.6 Å². The fraction of sp³-hybridized carbons (Fsp3) is 0.310. The molecule has 11 heteroatoms. The molecule has 2 heterocycles. The van der Waals surface area contributed by atoms with E-state index in [-0.39, 0.29) is 48.7 Å². The van der Waals surface area contributed by atoms with E-state index in [4.69, 9.17) is 23.2 Å². The number of pyridine rings is 1. The molecule has 1 fully saturated rings. The number of nitrogens with zero attached hydrogens (tertiary/aromatic N) is 2. The van der Waals surface area contributed by atoms with Gasteiger partial charge in [0.05, 0.1) is 33.2 Å². The van der Waals surface area contributed by atoms with E-state index < -0.39 is 39.7 Å². The highest BCUT2D eigenvalue weighted by atomic mass is 35.5. The van der Waals surface area contributed by atoms with Gasteiger partial charge in [0.2, 0.25) is 0 Å². The van der Waals surface area contributed by atoms with Crippen LogP contribution in [0.15, 0.2) is 53.4 Å². The van der Waals surface area contributed by atoms with E-state index in [1.54, 1.807) is 24.3 Å². The predicted octanol–water partition coefficient (Wildman–Crippen LogP) is 6.60. The fourth-order valence-corrected chi connectivity index (χ4v) is 7.22. The summed E-state index contributed by atoms with van der Waals surface area (Å²) in [5, 5.41) is 20.9. The molecule has 210 valence electrons. The van der Waals surface area contributed by atoms with Gasteiger partial charge in [-0.15, -0.1) is 0 Å². The van der Waals surface area contributed by atoms with Crippen LogP contribution < -0.4 is 0 Å². The summed E-state index contributed by atoms with van der Waals surface area (Å²) in [5.74, 6) is -1.67. The van der Waals surface area contributed by atoms with Gasteiger partial charge in [0.25, 0.3) is 10.0 Å². The van der Waals surface area contributed by atoms with Gasteiger partial charge in [-0.3, -0.25) is 4.79 Å². The lowest BCUT2D eigenvalue weighted by atomic mass is 9.86. The number of aromatic nitrogens is 2. The Morgan fingerprint density at radius 3 is 2.38 bits per heavy atom. The molecule has 2 N–H and O–H groups in total. The first-order chi connectivity index (χ1) is 18.7. The summed E-state index contributed by atoms with van der Waals surface area (Å²) in [5.41, 5.74) is 0.204. The Bertz CT molecular complexity index is 1760. The summed E-state index contributed by atoms with van der Waals surface area (Å²) in [6.07, 6.45) is -0.546. The minimum Gasteiger partial charge on any atom is -0.481 e. The van der Waals surface area contributed by atoms with Crippen LogP contribution in [0.2, 0.25) is 10.2 Å². The van der Waals surface area contributed by atoms with Gasteiger partial charge in [0.15, 0.2) is 0 Å². The van der Waals surface area contributed by atoms with Crippen LogP contribution in [0, 0.1) is 5.82 Å². The Balaban J connectivity index is 1.81. The monoisotopic (exact) mass is 604 g/mol. The summed E-state index contributed by atoms with van der Waals surface area (Å²) in [7, 11) is -4.34. The molecule has 2 aromatic heterocycles. The highest BCUT2D eigenvalue weighted by Crippen LogP contribution is 2.45. The van der Waals surface area contributed by atoms with Gasteiger partial charge in [-0.05, 0) is 54.7 Å². The lowest BCUT2D eigenvalue weighted by molar-refractivity contribution is -0.136. The van der Waals surface area contributed by atoms with Gasteiger partial charge >= 0.3 is 5.97 Å². The van der Waals surface area contributed by atoms with E-state index in [0.717, 1.165) is 16.8 Å². The number of rotatable bonds is 7. The Kier molecular flexibility index (Phi) is 7.23. The van der Waals surface area contributed by atoms with Crippen molar-refractivity contribution in [2.45, 2.75) is 62.4 Å². The third-order valence-corrected chi connectivity index (χ3v) is 9.49. The average molecular weight is 606 g/mol. The van der Waals surface area contributed by atoms with Crippen LogP contribution in [0.3, 0.4) is 0 Å². The lowest BCUT2D eigenvalue weighted by Gasteiger charge is -2.25. The number of fused-ring (bicyclic) bond motifs is 1. The van der Waals surface area contributed by atoms with Gasteiger partial charge in [-0.2, -0.15) is 0 Å².